The van der Waals surface area contributed by atoms with Crippen molar-refractivity contribution in [2.45, 2.75) is 44.9 Å². The van der Waals surface area contributed by atoms with Gasteiger partial charge in [0.1, 0.15) is 0 Å². The zero-order valence-electron chi connectivity index (χ0n) is 15.0. The Morgan fingerprint density at radius 3 is 2.88 bits per heavy atom. The summed E-state index contributed by atoms with van der Waals surface area (Å²) in [6.07, 6.45) is 3.80. The molecular formula is C20H24N2O3S. The van der Waals surface area contributed by atoms with Gasteiger partial charge in [0.25, 0.3) is 0 Å². The summed E-state index contributed by atoms with van der Waals surface area (Å²) in [7, 11) is 0. The number of likely N-dealkylation sites (tertiary alicyclic amines) is 1. The summed E-state index contributed by atoms with van der Waals surface area (Å²) < 4.78 is 0. The van der Waals surface area contributed by atoms with E-state index in [0.717, 1.165) is 48.6 Å². The van der Waals surface area contributed by atoms with E-state index in [1.165, 1.54) is 0 Å². The minimum Gasteiger partial charge on any atom is -0.478 e. The van der Waals surface area contributed by atoms with Gasteiger partial charge in [-0.15, -0.1) is 11.3 Å². The third kappa shape index (κ3) is 4.30. The van der Waals surface area contributed by atoms with E-state index in [0.29, 0.717) is 18.8 Å². The van der Waals surface area contributed by atoms with Crippen LogP contribution in [0.5, 0.6) is 0 Å². The minimum absolute atomic E-state index is 0.0992. The second-order valence-corrected chi connectivity index (χ2v) is 7.56. The molecule has 6 heteroatoms. The average Bonchev–Trinajstić information content (AvgIpc) is 3.15. The number of aryl methyl sites for hydroxylation is 2. The molecule has 1 atom stereocenters. The number of amides is 1. The van der Waals surface area contributed by atoms with Crippen LogP contribution >= 0.6 is 11.3 Å². The Hall–Kier alpha value is -2.21. The van der Waals surface area contributed by atoms with E-state index >= 15 is 0 Å². The molecule has 2 heterocycles. The first-order valence-corrected chi connectivity index (χ1v) is 9.99. The molecule has 0 bridgehead atoms. The van der Waals surface area contributed by atoms with Crippen LogP contribution in [0.3, 0.4) is 0 Å². The van der Waals surface area contributed by atoms with E-state index in [1.807, 2.05) is 11.0 Å². The molecule has 0 radical (unpaired) electrons. The van der Waals surface area contributed by atoms with Gasteiger partial charge in [-0.25, -0.2) is 9.78 Å². The summed E-state index contributed by atoms with van der Waals surface area (Å²) >= 11 is 1.70. The van der Waals surface area contributed by atoms with Gasteiger partial charge >= 0.3 is 5.97 Å². The predicted molar refractivity (Wildman–Crippen MR) is 102 cm³/mol. The van der Waals surface area contributed by atoms with Gasteiger partial charge in [-0.2, -0.15) is 0 Å². The largest absolute Gasteiger partial charge is 0.478 e. The number of aromatic nitrogens is 1. The van der Waals surface area contributed by atoms with Crippen molar-refractivity contribution >= 4 is 23.2 Å². The van der Waals surface area contributed by atoms with Gasteiger partial charge in [0.2, 0.25) is 5.91 Å². The van der Waals surface area contributed by atoms with Crippen molar-refractivity contribution in [1.29, 1.82) is 0 Å². The molecule has 1 aliphatic rings. The van der Waals surface area contributed by atoms with Crippen LogP contribution in [0.1, 0.15) is 58.7 Å². The van der Waals surface area contributed by atoms with Crippen LogP contribution in [-0.2, 0) is 17.6 Å². The summed E-state index contributed by atoms with van der Waals surface area (Å²) in [6.45, 7) is 3.60. The summed E-state index contributed by atoms with van der Waals surface area (Å²) in [5.41, 5.74) is 2.12. The zero-order valence-corrected chi connectivity index (χ0v) is 15.8. The van der Waals surface area contributed by atoms with Crippen LogP contribution in [0, 0.1) is 0 Å². The van der Waals surface area contributed by atoms with Crippen molar-refractivity contribution in [3.05, 3.63) is 51.5 Å². The van der Waals surface area contributed by atoms with Gasteiger partial charge in [-0.05, 0) is 37.3 Å². The summed E-state index contributed by atoms with van der Waals surface area (Å²) in [6, 6.07) is 6.91. The van der Waals surface area contributed by atoms with E-state index in [9.17, 15) is 14.7 Å². The van der Waals surface area contributed by atoms with Gasteiger partial charge < -0.3 is 10.0 Å². The number of aromatic carboxylic acids is 1. The Balaban J connectivity index is 1.60. The molecule has 1 amide bonds. The first-order chi connectivity index (χ1) is 12.6. The van der Waals surface area contributed by atoms with Gasteiger partial charge in [-0.1, -0.05) is 25.1 Å². The maximum atomic E-state index is 12.7. The Bertz CT molecular complexity index is 787. The van der Waals surface area contributed by atoms with Gasteiger partial charge in [0.05, 0.1) is 16.3 Å². The number of hydrogen-bond donors (Lipinski definition) is 1. The van der Waals surface area contributed by atoms with Crippen molar-refractivity contribution in [3.63, 3.8) is 0 Å². The fourth-order valence-corrected chi connectivity index (χ4v) is 4.46. The molecule has 1 unspecified atom stereocenters. The number of piperidine rings is 1. The van der Waals surface area contributed by atoms with Crippen LogP contribution in [0.25, 0.3) is 0 Å². The molecule has 1 N–H and O–H groups in total. The summed E-state index contributed by atoms with van der Waals surface area (Å²) in [4.78, 5) is 30.6. The standard InChI is InChI=1S/C20H24N2O3S/c1-2-16-13-26-19(21-16)15-7-5-11-22(12-15)18(23)10-9-14-6-3-4-8-17(14)20(24)25/h3-4,6,8,13,15H,2,5,7,9-12H2,1H3,(H,24,25). The maximum Gasteiger partial charge on any atom is 0.335 e. The first-order valence-electron chi connectivity index (χ1n) is 9.11. The lowest BCUT2D eigenvalue weighted by molar-refractivity contribution is -0.132. The lowest BCUT2D eigenvalue weighted by Crippen LogP contribution is -2.39. The topological polar surface area (TPSA) is 70.5 Å². The number of carboxylic acids is 1. The quantitative estimate of drug-likeness (QED) is 0.838. The molecule has 1 aliphatic heterocycles. The summed E-state index contributed by atoms with van der Waals surface area (Å²) in [5.74, 6) is -0.520. The van der Waals surface area contributed by atoms with Crippen molar-refractivity contribution in [2.24, 2.45) is 0 Å². The monoisotopic (exact) mass is 372 g/mol. The minimum atomic E-state index is -0.943. The number of carbonyl (C=O) groups is 2. The van der Waals surface area contributed by atoms with E-state index in [4.69, 9.17) is 0 Å². The van der Waals surface area contributed by atoms with Crippen LogP contribution in [0.2, 0.25) is 0 Å². The lowest BCUT2D eigenvalue weighted by Gasteiger charge is -2.32. The highest BCUT2D eigenvalue weighted by Crippen LogP contribution is 2.29. The number of hydrogen-bond acceptors (Lipinski definition) is 4. The van der Waals surface area contributed by atoms with Gasteiger partial charge in [0, 0.05) is 30.8 Å². The van der Waals surface area contributed by atoms with E-state index in [2.05, 4.69) is 17.3 Å². The summed E-state index contributed by atoms with van der Waals surface area (Å²) in [5, 5.41) is 12.5. The normalized spacial score (nSPS) is 17.3. The SMILES string of the molecule is CCc1csc(C2CCCN(C(=O)CCc3ccccc3C(=O)O)C2)n1. The van der Waals surface area contributed by atoms with Crippen molar-refractivity contribution < 1.29 is 14.7 Å². The number of carbonyl (C=O) groups excluding carboxylic acids is 1. The molecule has 2 aromatic rings. The fourth-order valence-electron chi connectivity index (χ4n) is 3.42. The number of carboxylic acid groups (broad SMARTS) is 1. The first kappa shape index (κ1) is 18.6. The molecular weight excluding hydrogens is 348 g/mol. The average molecular weight is 372 g/mol. The second kappa shape index (κ2) is 8.45. The molecule has 1 fully saturated rings. The van der Waals surface area contributed by atoms with Crippen molar-refractivity contribution in [2.75, 3.05) is 13.1 Å². The highest BCUT2D eigenvalue weighted by molar-refractivity contribution is 7.09. The number of thiazole rings is 1. The number of nitrogens with zero attached hydrogens (tertiary/aromatic N) is 2. The molecule has 3 rings (SSSR count). The van der Waals surface area contributed by atoms with E-state index < -0.39 is 5.97 Å². The Morgan fingerprint density at radius 1 is 1.35 bits per heavy atom. The Kier molecular flexibility index (Phi) is 6.04. The van der Waals surface area contributed by atoms with Gasteiger partial charge in [0.15, 0.2) is 0 Å². The fraction of sp³-hybridized carbons (Fsp3) is 0.450. The molecule has 1 aromatic carbocycles. The van der Waals surface area contributed by atoms with Crippen LogP contribution in [-0.4, -0.2) is 40.0 Å². The molecule has 26 heavy (non-hydrogen) atoms. The van der Waals surface area contributed by atoms with Crippen LogP contribution < -0.4 is 0 Å². The van der Waals surface area contributed by atoms with Gasteiger partial charge in [-0.3, -0.25) is 4.79 Å². The molecule has 1 saturated heterocycles. The molecule has 138 valence electrons. The van der Waals surface area contributed by atoms with Crippen molar-refractivity contribution in [3.8, 4) is 0 Å². The number of benzene rings is 1. The lowest BCUT2D eigenvalue weighted by atomic mass is 9.97. The molecule has 0 spiro atoms. The van der Waals surface area contributed by atoms with Crippen LogP contribution in [0.15, 0.2) is 29.6 Å². The zero-order chi connectivity index (χ0) is 18.5. The third-order valence-corrected chi connectivity index (χ3v) is 5.97. The maximum absolute atomic E-state index is 12.7. The smallest absolute Gasteiger partial charge is 0.335 e. The second-order valence-electron chi connectivity index (χ2n) is 6.67. The molecule has 5 nitrogen and oxygen atoms in total. The molecule has 0 aliphatic carbocycles. The molecule has 1 aromatic heterocycles. The Morgan fingerprint density at radius 2 is 2.15 bits per heavy atom. The van der Waals surface area contributed by atoms with E-state index in [-0.39, 0.29) is 11.5 Å². The van der Waals surface area contributed by atoms with Crippen molar-refractivity contribution in [1.82, 2.24) is 9.88 Å². The van der Waals surface area contributed by atoms with E-state index in [1.54, 1.807) is 29.5 Å². The highest BCUT2D eigenvalue weighted by Gasteiger charge is 2.26. The van der Waals surface area contributed by atoms with Crippen LogP contribution in [0.4, 0.5) is 0 Å². The molecule has 0 saturated carbocycles. The Labute approximate surface area is 157 Å². The number of rotatable bonds is 6. The predicted octanol–water partition coefficient (Wildman–Crippen LogP) is 3.74. The third-order valence-electron chi connectivity index (χ3n) is 4.91. The highest BCUT2D eigenvalue weighted by atomic mass is 32.1.